The van der Waals surface area contributed by atoms with Gasteiger partial charge in [-0.15, -0.1) is 0 Å². The third-order valence-corrected chi connectivity index (χ3v) is 3.19. The Bertz CT molecular complexity index is 613. The molecule has 0 aliphatic heterocycles. The summed E-state index contributed by atoms with van der Waals surface area (Å²) in [5.74, 6) is 0. The van der Waals surface area contributed by atoms with Crippen LogP contribution in [-0.2, 0) is 4.74 Å². The summed E-state index contributed by atoms with van der Waals surface area (Å²) >= 11 is 0. The molecule has 2 aromatic rings. The van der Waals surface area contributed by atoms with Crippen molar-refractivity contribution >= 4 is 17.0 Å². The van der Waals surface area contributed by atoms with Gasteiger partial charge in [-0.05, 0) is 39.4 Å². The summed E-state index contributed by atoms with van der Waals surface area (Å²) in [6.07, 6.45) is 1.57. The number of likely N-dealkylation sites (N-methyl/N-ethyl adjacent to an activating group) is 1. The van der Waals surface area contributed by atoms with Crippen molar-refractivity contribution in [2.45, 2.75) is 32.4 Å². The third-order valence-electron chi connectivity index (χ3n) is 3.19. The van der Waals surface area contributed by atoms with E-state index in [0.29, 0.717) is 6.54 Å². The van der Waals surface area contributed by atoms with E-state index in [-0.39, 0.29) is 6.04 Å². The van der Waals surface area contributed by atoms with Gasteiger partial charge in [0.1, 0.15) is 5.60 Å². The fourth-order valence-corrected chi connectivity index (χ4v) is 2.25. The normalized spacial score (nSPS) is 13.1. The number of ether oxygens (including phenoxy) is 1. The van der Waals surface area contributed by atoms with Crippen molar-refractivity contribution in [2.24, 2.45) is 0 Å². The minimum atomic E-state index is -0.486. The summed E-state index contributed by atoms with van der Waals surface area (Å²) in [5.41, 5.74) is 1.73. The first-order valence-electron chi connectivity index (χ1n) is 7.11. The number of rotatable bonds is 4. The molecule has 21 heavy (non-hydrogen) atoms. The molecule has 0 spiro atoms. The molecule has 1 aromatic carbocycles. The molecule has 0 radical (unpaired) electrons. The highest BCUT2D eigenvalue weighted by Crippen LogP contribution is 2.23. The monoisotopic (exact) mass is 289 g/mol. The molecular formula is C16H23N3O2. The lowest BCUT2D eigenvalue weighted by Crippen LogP contribution is -2.37. The second-order valence-electron chi connectivity index (χ2n) is 6.01. The van der Waals surface area contributed by atoms with Gasteiger partial charge < -0.3 is 20.4 Å². The predicted molar refractivity (Wildman–Crippen MR) is 84.3 cm³/mol. The summed E-state index contributed by atoms with van der Waals surface area (Å²) < 4.78 is 5.25. The Morgan fingerprint density at radius 2 is 2.05 bits per heavy atom. The molecule has 5 heteroatoms. The van der Waals surface area contributed by atoms with Gasteiger partial charge in [0.25, 0.3) is 0 Å². The zero-order valence-corrected chi connectivity index (χ0v) is 13.0. The summed E-state index contributed by atoms with van der Waals surface area (Å²) in [5, 5.41) is 7.19. The summed E-state index contributed by atoms with van der Waals surface area (Å²) in [6, 6.07) is 8.13. The van der Waals surface area contributed by atoms with Crippen molar-refractivity contribution < 1.29 is 9.53 Å². The van der Waals surface area contributed by atoms with E-state index < -0.39 is 11.7 Å². The number of benzene rings is 1. The molecule has 1 atom stereocenters. The van der Waals surface area contributed by atoms with Crippen molar-refractivity contribution in [3.05, 3.63) is 36.0 Å². The molecule has 1 amide bonds. The van der Waals surface area contributed by atoms with Crippen LogP contribution in [0.2, 0.25) is 0 Å². The highest BCUT2D eigenvalue weighted by atomic mass is 16.6. The Labute approximate surface area is 125 Å². The van der Waals surface area contributed by atoms with Crippen molar-refractivity contribution in [1.29, 1.82) is 0 Å². The zero-order valence-electron chi connectivity index (χ0n) is 13.0. The number of para-hydroxylation sites is 1. The molecule has 0 fully saturated rings. The maximum Gasteiger partial charge on any atom is 0.407 e. The Kier molecular flexibility index (Phi) is 4.53. The molecule has 3 N–H and O–H groups in total. The van der Waals surface area contributed by atoms with Gasteiger partial charge in [-0.3, -0.25) is 0 Å². The number of carbonyl (C=O) groups is 1. The second-order valence-corrected chi connectivity index (χ2v) is 6.01. The van der Waals surface area contributed by atoms with Crippen LogP contribution < -0.4 is 10.6 Å². The molecule has 1 aromatic heterocycles. The van der Waals surface area contributed by atoms with E-state index in [2.05, 4.69) is 21.7 Å². The van der Waals surface area contributed by atoms with E-state index in [1.165, 1.54) is 0 Å². The highest BCUT2D eigenvalue weighted by Gasteiger charge is 2.19. The van der Waals surface area contributed by atoms with Gasteiger partial charge in [0, 0.05) is 23.6 Å². The molecule has 0 saturated heterocycles. The first-order chi connectivity index (χ1) is 9.90. The largest absolute Gasteiger partial charge is 0.444 e. The topological polar surface area (TPSA) is 66.2 Å². The van der Waals surface area contributed by atoms with Crippen molar-refractivity contribution in [1.82, 2.24) is 15.6 Å². The van der Waals surface area contributed by atoms with E-state index in [1.54, 1.807) is 0 Å². The number of hydrogen-bond acceptors (Lipinski definition) is 3. The minimum Gasteiger partial charge on any atom is -0.444 e. The Morgan fingerprint density at radius 3 is 2.71 bits per heavy atom. The Hall–Kier alpha value is -2.01. The van der Waals surface area contributed by atoms with Crippen LogP contribution in [-0.4, -0.2) is 30.3 Å². The molecule has 0 saturated carbocycles. The standard InChI is InChI=1S/C16H23N3O2/c1-16(2,3)21-15(20)19-10-14(17-4)12-9-18-13-8-6-5-7-11(12)13/h5-9,14,17-18H,10H2,1-4H3,(H,19,20). The SMILES string of the molecule is CNC(CNC(=O)OC(C)(C)C)c1c[nH]c2ccccc12. The number of aromatic nitrogens is 1. The van der Waals surface area contributed by atoms with Gasteiger partial charge in [-0.25, -0.2) is 4.79 Å². The quantitative estimate of drug-likeness (QED) is 0.810. The number of amides is 1. The van der Waals surface area contributed by atoms with Crippen molar-refractivity contribution in [3.63, 3.8) is 0 Å². The molecule has 0 bridgehead atoms. The number of carbonyl (C=O) groups excluding carboxylic acids is 1. The van der Waals surface area contributed by atoms with Gasteiger partial charge in [-0.2, -0.15) is 0 Å². The van der Waals surface area contributed by atoms with Crippen LogP contribution in [0.15, 0.2) is 30.5 Å². The number of aromatic amines is 1. The van der Waals surface area contributed by atoms with Crippen LogP contribution in [0.4, 0.5) is 4.79 Å². The molecular weight excluding hydrogens is 266 g/mol. The van der Waals surface area contributed by atoms with E-state index in [9.17, 15) is 4.79 Å². The predicted octanol–water partition coefficient (Wildman–Crippen LogP) is 2.95. The summed E-state index contributed by atoms with van der Waals surface area (Å²) in [6.45, 7) is 6.01. The van der Waals surface area contributed by atoms with Crippen LogP contribution in [0.25, 0.3) is 10.9 Å². The smallest absolute Gasteiger partial charge is 0.407 e. The summed E-state index contributed by atoms with van der Waals surface area (Å²) in [4.78, 5) is 15.0. The lowest BCUT2D eigenvalue weighted by Gasteiger charge is -2.21. The number of nitrogens with one attached hydrogen (secondary N) is 3. The maximum atomic E-state index is 11.7. The van der Waals surface area contributed by atoms with E-state index in [4.69, 9.17) is 4.74 Å². The van der Waals surface area contributed by atoms with Crippen molar-refractivity contribution in [2.75, 3.05) is 13.6 Å². The van der Waals surface area contributed by atoms with Gasteiger partial charge in [0.15, 0.2) is 0 Å². The number of fused-ring (bicyclic) bond motifs is 1. The molecule has 1 heterocycles. The first kappa shape index (κ1) is 15.4. The average molecular weight is 289 g/mol. The van der Waals surface area contributed by atoms with E-state index in [0.717, 1.165) is 16.5 Å². The van der Waals surface area contributed by atoms with Crippen LogP contribution in [0.1, 0.15) is 32.4 Å². The molecule has 5 nitrogen and oxygen atoms in total. The minimum absolute atomic E-state index is 0.0219. The maximum absolute atomic E-state index is 11.7. The highest BCUT2D eigenvalue weighted by molar-refractivity contribution is 5.83. The molecule has 1 unspecified atom stereocenters. The van der Waals surface area contributed by atoms with Crippen LogP contribution in [0.3, 0.4) is 0 Å². The summed E-state index contributed by atoms with van der Waals surface area (Å²) in [7, 11) is 1.88. The van der Waals surface area contributed by atoms with Crippen LogP contribution in [0, 0.1) is 0 Å². The number of H-pyrrole nitrogens is 1. The molecule has 0 aliphatic carbocycles. The fraction of sp³-hybridized carbons (Fsp3) is 0.438. The van der Waals surface area contributed by atoms with Gasteiger partial charge >= 0.3 is 6.09 Å². The van der Waals surface area contributed by atoms with Gasteiger partial charge in [0.05, 0.1) is 6.04 Å². The van der Waals surface area contributed by atoms with Gasteiger partial charge in [0.2, 0.25) is 0 Å². The lowest BCUT2D eigenvalue weighted by atomic mass is 10.1. The zero-order chi connectivity index (χ0) is 15.5. The van der Waals surface area contributed by atoms with E-state index in [1.807, 2.05) is 52.2 Å². The van der Waals surface area contributed by atoms with Crippen LogP contribution >= 0.6 is 0 Å². The van der Waals surface area contributed by atoms with Gasteiger partial charge in [-0.1, -0.05) is 18.2 Å². The average Bonchev–Trinajstić information content (AvgIpc) is 2.82. The molecule has 114 valence electrons. The van der Waals surface area contributed by atoms with E-state index >= 15 is 0 Å². The number of hydrogen-bond donors (Lipinski definition) is 3. The second kappa shape index (κ2) is 6.18. The molecule has 0 aliphatic rings. The number of alkyl carbamates (subject to hydrolysis) is 1. The Morgan fingerprint density at radius 1 is 1.33 bits per heavy atom. The van der Waals surface area contributed by atoms with Crippen molar-refractivity contribution in [3.8, 4) is 0 Å². The molecule has 2 rings (SSSR count). The first-order valence-corrected chi connectivity index (χ1v) is 7.11. The third kappa shape index (κ3) is 3.98. The lowest BCUT2D eigenvalue weighted by molar-refractivity contribution is 0.0523. The fourth-order valence-electron chi connectivity index (χ4n) is 2.25. The van der Waals surface area contributed by atoms with Crippen LogP contribution in [0.5, 0.6) is 0 Å². The Balaban J connectivity index is 2.05.